The topological polar surface area (TPSA) is 46.2 Å². The highest BCUT2D eigenvalue weighted by atomic mass is 32.2. The predicted octanol–water partition coefficient (Wildman–Crippen LogP) is 4.35. The molecule has 0 amide bonds. The van der Waals surface area contributed by atoms with E-state index in [4.69, 9.17) is 0 Å². The van der Waals surface area contributed by atoms with Crippen molar-refractivity contribution in [3.63, 3.8) is 0 Å². The van der Waals surface area contributed by atoms with Crippen LogP contribution in [0.2, 0.25) is 0 Å². The number of anilines is 1. The first-order valence-electron chi connectivity index (χ1n) is 7.96. The first-order chi connectivity index (χ1) is 11.6. The first kappa shape index (κ1) is 15.1. The number of ketones is 1. The Kier molecular flexibility index (Phi) is 3.69. The van der Waals surface area contributed by atoms with Crippen LogP contribution in [-0.4, -0.2) is 9.99 Å². The quantitative estimate of drug-likeness (QED) is 0.773. The van der Waals surface area contributed by atoms with Gasteiger partial charge in [-0.25, -0.2) is 4.21 Å². The summed E-state index contributed by atoms with van der Waals surface area (Å²) in [6.45, 7) is 1.95. The molecular formula is C20H17NO2S. The van der Waals surface area contributed by atoms with E-state index in [1.165, 1.54) is 0 Å². The van der Waals surface area contributed by atoms with Crippen LogP contribution in [0, 0.1) is 5.92 Å². The second-order valence-electron chi connectivity index (χ2n) is 6.22. The number of carbonyl (C=O) groups excluding carboxylic acids is 1. The Morgan fingerprint density at radius 1 is 1.00 bits per heavy atom. The average molecular weight is 335 g/mol. The molecule has 0 bridgehead atoms. The van der Waals surface area contributed by atoms with Crippen molar-refractivity contribution in [1.82, 2.24) is 0 Å². The molecule has 0 aromatic heterocycles. The highest BCUT2D eigenvalue weighted by Crippen LogP contribution is 2.29. The first-order valence-corrected chi connectivity index (χ1v) is 9.11. The molecule has 4 rings (SSSR count). The van der Waals surface area contributed by atoms with Gasteiger partial charge in [-0.15, -0.1) is 0 Å². The van der Waals surface area contributed by atoms with Crippen LogP contribution in [0.3, 0.4) is 0 Å². The summed E-state index contributed by atoms with van der Waals surface area (Å²) < 4.78 is 15.6. The van der Waals surface area contributed by atoms with E-state index in [1.54, 1.807) is 0 Å². The molecule has 1 aliphatic rings. The molecule has 2 atom stereocenters. The Balaban J connectivity index is 1.61. The zero-order chi connectivity index (χ0) is 16.7. The molecule has 0 spiro atoms. The Hall–Kier alpha value is -2.46. The normalized spacial score (nSPS) is 17.7. The molecule has 24 heavy (non-hydrogen) atoms. The molecule has 0 fully saturated rings. The second kappa shape index (κ2) is 5.87. The van der Waals surface area contributed by atoms with Crippen molar-refractivity contribution in [2.75, 3.05) is 4.72 Å². The largest absolute Gasteiger partial charge is 0.301 e. The summed E-state index contributed by atoms with van der Waals surface area (Å²) >= 11 is 0. The maximum atomic E-state index is 12.6. The van der Waals surface area contributed by atoms with Crippen LogP contribution in [0.25, 0.3) is 10.8 Å². The van der Waals surface area contributed by atoms with E-state index in [-0.39, 0.29) is 11.7 Å². The SMILES string of the molecule is CC1Cc2ccc(NS(=O)c3ccc4ccccc4c3)cc2C1=O. The third kappa shape index (κ3) is 2.63. The Bertz CT molecular complexity index is 980. The lowest BCUT2D eigenvalue weighted by atomic mass is 10.1. The zero-order valence-corrected chi connectivity index (χ0v) is 14.1. The van der Waals surface area contributed by atoms with E-state index in [9.17, 15) is 9.00 Å². The molecule has 3 aromatic rings. The Morgan fingerprint density at radius 3 is 2.62 bits per heavy atom. The van der Waals surface area contributed by atoms with Gasteiger partial charge in [0.25, 0.3) is 0 Å². The van der Waals surface area contributed by atoms with Crippen LogP contribution in [0.4, 0.5) is 5.69 Å². The van der Waals surface area contributed by atoms with E-state index in [0.717, 1.165) is 28.3 Å². The molecule has 1 aliphatic carbocycles. The second-order valence-corrected chi connectivity index (χ2v) is 7.43. The summed E-state index contributed by atoms with van der Waals surface area (Å²) in [5.41, 5.74) is 2.54. The number of carbonyl (C=O) groups is 1. The van der Waals surface area contributed by atoms with Gasteiger partial charge in [0.2, 0.25) is 0 Å². The van der Waals surface area contributed by atoms with Crippen LogP contribution in [-0.2, 0) is 17.4 Å². The maximum Gasteiger partial charge on any atom is 0.166 e. The van der Waals surface area contributed by atoms with Crippen LogP contribution in [0.5, 0.6) is 0 Å². The van der Waals surface area contributed by atoms with Crippen molar-refractivity contribution in [1.29, 1.82) is 0 Å². The fraction of sp³-hybridized carbons (Fsp3) is 0.150. The molecule has 0 heterocycles. The molecule has 3 aromatic carbocycles. The maximum absolute atomic E-state index is 12.6. The molecule has 0 aliphatic heterocycles. The van der Waals surface area contributed by atoms with Gasteiger partial charge in [0, 0.05) is 17.2 Å². The van der Waals surface area contributed by atoms with E-state index in [1.807, 2.05) is 67.6 Å². The van der Waals surface area contributed by atoms with Gasteiger partial charge in [-0.3, -0.25) is 4.79 Å². The zero-order valence-electron chi connectivity index (χ0n) is 13.3. The molecule has 0 radical (unpaired) electrons. The van der Waals surface area contributed by atoms with Gasteiger partial charge >= 0.3 is 0 Å². The fourth-order valence-corrected chi connectivity index (χ4v) is 4.07. The van der Waals surface area contributed by atoms with Gasteiger partial charge in [-0.1, -0.05) is 43.3 Å². The van der Waals surface area contributed by atoms with Gasteiger partial charge in [0.05, 0.1) is 4.90 Å². The van der Waals surface area contributed by atoms with Crippen LogP contribution < -0.4 is 4.72 Å². The van der Waals surface area contributed by atoms with Crippen molar-refractivity contribution >= 4 is 33.2 Å². The number of Topliss-reactive ketones (excluding diaryl/α,β-unsaturated/α-hetero) is 1. The number of nitrogens with one attached hydrogen (secondary N) is 1. The highest BCUT2D eigenvalue weighted by Gasteiger charge is 2.27. The van der Waals surface area contributed by atoms with Gasteiger partial charge < -0.3 is 4.72 Å². The lowest BCUT2D eigenvalue weighted by Crippen LogP contribution is -2.06. The average Bonchev–Trinajstić information content (AvgIpc) is 2.89. The number of fused-ring (bicyclic) bond motifs is 2. The lowest BCUT2D eigenvalue weighted by Gasteiger charge is -2.08. The third-order valence-corrected chi connectivity index (χ3v) is 5.60. The number of hydrogen-bond donors (Lipinski definition) is 1. The Labute approximate surface area is 143 Å². The van der Waals surface area contributed by atoms with Gasteiger partial charge in [-0.2, -0.15) is 0 Å². The summed E-state index contributed by atoms with van der Waals surface area (Å²) in [6.07, 6.45) is 0.794. The van der Waals surface area contributed by atoms with E-state index in [0.29, 0.717) is 10.6 Å². The Morgan fingerprint density at radius 2 is 1.79 bits per heavy atom. The van der Waals surface area contributed by atoms with Crippen molar-refractivity contribution in [3.8, 4) is 0 Å². The number of benzene rings is 3. The number of hydrogen-bond acceptors (Lipinski definition) is 2. The standard InChI is InChI=1S/C20H17NO2S/c1-13-10-16-6-8-17(12-19(16)20(13)22)21-24(23)18-9-7-14-4-2-3-5-15(14)11-18/h2-9,11-13,21H,10H2,1H3. The van der Waals surface area contributed by atoms with E-state index >= 15 is 0 Å². The van der Waals surface area contributed by atoms with Gasteiger partial charge in [0.1, 0.15) is 11.0 Å². The fourth-order valence-electron chi connectivity index (χ4n) is 3.18. The molecular weight excluding hydrogens is 318 g/mol. The molecule has 1 N–H and O–H groups in total. The summed E-state index contributed by atoms with van der Waals surface area (Å²) in [5.74, 6) is 0.214. The minimum Gasteiger partial charge on any atom is -0.301 e. The summed E-state index contributed by atoms with van der Waals surface area (Å²) in [5, 5.41) is 2.18. The minimum atomic E-state index is -1.37. The summed E-state index contributed by atoms with van der Waals surface area (Å²) in [6, 6.07) is 19.4. The van der Waals surface area contributed by atoms with E-state index < -0.39 is 11.0 Å². The lowest BCUT2D eigenvalue weighted by molar-refractivity contribution is 0.0946. The number of rotatable bonds is 3. The van der Waals surface area contributed by atoms with Crippen molar-refractivity contribution in [2.45, 2.75) is 18.2 Å². The van der Waals surface area contributed by atoms with Crippen LogP contribution in [0.15, 0.2) is 65.6 Å². The van der Waals surface area contributed by atoms with E-state index in [2.05, 4.69) is 4.72 Å². The molecule has 0 saturated heterocycles. The molecule has 0 saturated carbocycles. The van der Waals surface area contributed by atoms with Crippen molar-refractivity contribution in [3.05, 3.63) is 71.8 Å². The van der Waals surface area contributed by atoms with Gasteiger partial charge in [0.15, 0.2) is 5.78 Å². The van der Waals surface area contributed by atoms with Crippen LogP contribution in [0.1, 0.15) is 22.8 Å². The monoisotopic (exact) mass is 335 g/mol. The van der Waals surface area contributed by atoms with Gasteiger partial charge in [-0.05, 0) is 47.0 Å². The van der Waals surface area contributed by atoms with Crippen molar-refractivity contribution < 1.29 is 9.00 Å². The smallest absolute Gasteiger partial charge is 0.166 e. The molecule has 3 nitrogen and oxygen atoms in total. The van der Waals surface area contributed by atoms with Crippen LogP contribution >= 0.6 is 0 Å². The van der Waals surface area contributed by atoms with Crippen molar-refractivity contribution in [2.24, 2.45) is 5.92 Å². The third-order valence-electron chi connectivity index (χ3n) is 4.49. The minimum absolute atomic E-state index is 0.0428. The summed E-state index contributed by atoms with van der Waals surface area (Å²) in [4.78, 5) is 12.9. The molecule has 120 valence electrons. The highest BCUT2D eigenvalue weighted by molar-refractivity contribution is 7.86. The molecule has 4 heteroatoms. The molecule has 2 unspecified atom stereocenters. The predicted molar refractivity (Wildman–Crippen MR) is 97.6 cm³/mol. The summed E-state index contributed by atoms with van der Waals surface area (Å²) in [7, 11) is -1.37.